The van der Waals surface area contributed by atoms with Crippen molar-refractivity contribution >= 4 is 27.6 Å². The molecule has 2 aromatic carbocycles. The molecule has 2 aromatic rings. The molecule has 7 heteroatoms. The molecule has 2 atom stereocenters. The van der Waals surface area contributed by atoms with E-state index in [1.807, 2.05) is 0 Å². The standard InChI is InChI=1S/C20H22ClNO4S/c1-14-10-15(2)13-22(12-14)27(24,25)19-5-3-4-16(11-19)20(23)26-18-8-6-17(21)7-9-18/h3-9,11,14-15H,10,12-13H2,1-2H3. The van der Waals surface area contributed by atoms with E-state index in [1.54, 1.807) is 36.4 Å². The van der Waals surface area contributed by atoms with Gasteiger partial charge in [0.15, 0.2) is 0 Å². The number of esters is 1. The van der Waals surface area contributed by atoms with Gasteiger partial charge in [-0.1, -0.05) is 31.5 Å². The summed E-state index contributed by atoms with van der Waals surface area (Å²) in [6, 6.07) is 12.4. The zero-order chi connectivity index (χ0) is 19.6. The van der Waals surface area contributed by atoms with Crippen LogP contribution in [0.3, 0.4) is 0 Å². The second-order valence-electron chi connectivity index (χ2n) is 7.14. The Balaban J connectivity index is 1.82. The highest BCUT2D eigenvalue weighted by atomic mass is 35.5. The Bertz CT molecular complexity index is 917. The number of carbonyl (C=O) groups excluding carboxylic acids is 1. The van der Waals surface area contributed by atoms with E-state index >= 15 is 0 Å². The number of piperidine rings is 1. The molecule has 0 aromatic heterocycles. The number of halogens is 1. The molecular weight excluding hydrogens is 386 g/mol. The number of hydrogen-bond donors (Lipinski definition) is 0. The van der Waals surface area contributed by atoms with E-state index in [0.717, 1.165) is 6.42 Å². The molecule has 5 nitrogen and oxygen atoms in total. The lowest BCUT2D eigenvalue weighted by Gasteiger charge is -2.34. The van der Waals surface area contributed by atoms with Crippen molar-refractivity contribution in [3.63, 3.8) is 0 Å². The van der Waals surface area contributed by atoms with Crippen LogP contribution in [0.4, 0.5) is 0 Å². The summed E-state index contributed by atoms with van der Waals surface area (Å²) in [6.07, 6.45) is 1.01. The van der Waals surface area contributed by atoms with Crippen molar-refractivity contribution in [1.82, 2.24) is 4.31 Å². The molecule has 0 amide bonds. The molecule has 1 fully saturated rings. The zero-order valence-electron chi connectivity index (χ0n) is 15.3. The van der Waals surface area contributed by atoms with Crippen LogP contribution in [0.25, 0.3) is 0 Å². The Morgan fingerprint density at radius 2 is 1.70 bits per heavy atom. The van der Waals surface area contributed by atoms with Gasteiger partial charge in [-0.15, -0.1) is 0 Å². The summed E-state index contributed by atoms with van der Waals surface area (Å²) in [5, 5.41) is 0.535. The third-order valence-electron chi connectivity index (χ3n) is 4.57. The number of rotatable bonds is 4. The maximum Gasteiger partial charge on any atom is 0.343 e. The first-order valence-corrected chi connectivity index (χ1v) is 10.7. The van der Waals surface area contributed by atoms with Gasteiger partial charge in [0.25, 0.3) is 0 Å². The van der Waals surface area contributed by atoms with E-state index in [0.29, 0.717) is 35.7 Å². The minimum absolute atomic E-state index is 0.106. The van der Waals surface area contributed by atoms with Crippen LogP contribution >= 0.6 is 11.6 Å². The predicted molar refractivity (Wildman–Crippen MR) is 105 cm³/mol. The van der Waals surface area contributed by atoms with Crippen LogP contribution in [0.2, 0.25) is 5.02 Å². The molecule has 0 N–H and O–H groups in total. The van der Waals surface area contributed by atoms with Gasteiger partial charge in [0, 0.05) is 18.1 Å². The number of hydrogen-bond acceptors (Lipinski definition) is 4. The summed E-state index contributed by atoms with van der Waals surface area (Å²) in [5.41, 5.74) is 0.184. The van der Waals surface area contributed by atoms with Crippen molar-refractivity contribution in [2.45, 2.75) is 25.2 Å². The molecule has 1 aliphatic rings. The van der Waals surface area contributed by atoms with E-state index < -0.39 is 16.0 Å². The maximum atomic E-state index is 13.0. The van der Waals surface area contributed by atoms with Gasteiger partial charge in [-0.05, 0) is 60.7 Å². The number of benzene rings is 2. The summed E-state index contributed by atoms with van der Waals surface area (Å²) < 4.78 is 32.8. The summed E-state index contributed by atoms with van der Waals surface area (Å²) in [4.78, 5) is 12.5. The molecule has 0 bridgehead atoms. The second-order valence-corrected chi connectivity index (χ2v) is 9.51. The molecule has 0 radical (unpaired) electrons. The van der Waals surface area contributed by atoms with E-state index in [9.17, 15) is 13.2 Å². The van der Waals surface area contributed by atoms with Crippen LogP contribution in [0.15, 0.2) is 53.4 Å². The van der Waals surface area contributed by atoms with Crippen LogP contribution in [-0.2, 0) is 10.0 Å². The number of sulfonamides is 1. The minimum atomic E-state index is -3.65. The Morgan fingerprint density at radius 3 is 2.33 bits per heavy atom. The first-order chi connectivity index (χ1) is 12.8. The SMILES string of the molecule is CC1CC(C)CN(S(=O)(=O)c2cccc(C(=O)Oc3ccc(Cl)cc3)c2)C1. The van der Waals surface area contributed by atoms with Gasteiger partial charge in [-0.25, -0.2) is 13.2 Å². The fourth-order valence-electron chi connectivity index (χ4n) is 3.40. The summed E-state index contributed by atoms with van der Waals surface area (Å²) in [7, 11) is -3.65. The molecule has 0 aliphatic carbocycles. The van der Waals surface area contributed by atoms with Crippen molar-refractivity contribution in [3.8, 4) is 5.75 Å². The third-order valence-corrected chi connectivity index (χ3v) is 6.65. The van der Waals surface area contributed by atoms with E-state index in [4.69, 9.17) is 16.3 Å². The van der Waals surface area contributed by atoms with E-state index in [-0.39, 0.29) is 10.5 Å². The number of nitrogens with zero attached hydrogens (tertiary/aromatic N) is 1. The average Bonchev–Trinajstić information content (AvgIpc) is 2.63. The Hall–Kier alpha value is -1.89. The molecular formula is C20H22ClNO4S. The topological polar surface area (TPSA) is 63.7 Å². The molecule has 144 valence electrons. The summed E-state index contributed by atoms with van der Waals surface area (Å²) in [5.74, 6) is 0.342. The molecule has 3 rings (SSSR count). The summed E-state index contributed by atoms with van der Waals surface area (Å²) in [6.45, 7) is 5.09. The second kappa shape index (κ2) is 8.00. The lowest BCUT2D eigenvalue weighted by atomic mass is 9.94. The highest BCUT2D eigenvalue weighted by Gasteiger charge is 2.32. The quantitative estimate of drug-likeness (QED) is 0.562. The molecule has 1 aliphatic heterocycles. The highest BCUT2D eigenvalue weighted by Crippen LogP contribution is 2.27. The Morgan fingerprint density at radius 1 is 1.07 bits per heavy atom. The smallest absolute Gasteiger partial charge is 0.343 e. The molecule has 0 saturated carbocycles. The largest absolute Gasteiger partial charge is 0.423 e. The van der Waals surface area contributed by atoms with Crippen molar-refractivity contribution in [2.75, 3.05) is 13.1 Å². The molecule has 0 spiro atoms. The van der Waals surface area contributed by atoms with Crippen molar-refractivity contribution in [2.24, 2.45) is 11.8 Å². The molecule has 1 saturated heterocycles. The molecule has 1 heterocycles. The third kappa shape index (κ3) is 4.69. The fraction of sp³-hybridized carbons (Fsp3) is 0.350. The summed E-state index contributed by atoms with van der Waals surface area (Å²) >= 11 is 5.82. The lowest BCUT2D eigenvalue weighted by Crippen LogP contribution is -2.42. The van der Waals surface area contributed by atoms with Crippen LogP contribution in [0, 0.1) is 11.8 Å². The van der Waals surface area contributed by atoms with Crippen LogP contribution in [-0.4, -0.2) is 31.8 Å². The Labute approximate surface area is 165 Å². The van der Waals surface area contributed by atoms with Crippen LogP contribution in [0.1, 0.15) is 30.6 Å². The highest BCUT2D eigenvalue weighted by molar-refractivity contribution is 7.89. The first-order valence-electron chi connectivity index (χ1n) is 8.83. The van der Waals surface area contributed by atoms with Crippen LogP contribution in [0.5, 0.6) is 5.75 Å². The van der Waals surface area contributed by atoms with Gasteiger partial charge in [-0.2, -0.15) is 4.31 Å². The van der Waals surface area contributed by atoms with E-state index in [1.165, 1.54) is 16.4 Å². The normalized spacial score (nSPS) is 21.0. The van der Waals surface area contributed by atoms with Gasteiger partial charge < -0.3 is 4.74 Å². The monoisotopic (exact) mass is 407 g/mol. The predicted octanol–water partition coefficient (Wildman–Crippen LogP) is 4.23. The zero-order valence-corrected chi connectivity index (χ0v) is 16.8. The van der Waals surface area contributed by atoms with Crippen molar-refractivity contribution in [1.29, 1.82) is 0 Å². The van der Waals surface area contributed by atoms with Gasteiger partial charge in [0.2, 0.25) is 10.0 Å². The maximum absolute atomic E-state index is 13.0. The number of carbonyl (C=O) groups is 1. The molecule has 2 unspecified atom stereocenters. The average molecular weight is 408 g/mol. The Kier molecular flexibility index (Phi) is 5.89. The van der Waals surface area contributed by atoms with Crippen molar-refractivity contribution in [3.05, 3.63) is 59.1 Å². The number of ether oxygens (including phenoxy) is 1. The van der Waals surface area contributed by atoms with Gasteiger partial charge in [0.05, 0.1) is 10.5 Å². The van der Waals surface area contributed by atoms with Gasteiger partial charge in [-0.3, -0.25) is 0 Å². The van der Waals surface area contributed by atoms with Gasteiger partial charge >= 0.3 is 5.97 Å². The van der Waals surface area contributed by atoms with Crippen LogP contribution < -0.4 is 4.74 Å². The van der Waals surface area contributed by atoms with Gasteiger partial charge in [0.1, 0.15) is 5.75 Å². The lowest BCUT2D eigenvalue weighted by molar-refractivity contribution is 0.0734. The minimum Gasteiger partial charge on any atom is -0.423 e. The first kappa shape index (κ1) is 19.9. The fourth-order valence-corrected chi connectivity index (χ4v) is 5.26. The van der Waals surface area contributed by atoms with Crippen molar-refractivity contribution < 1.29 is 17.9 Å². The van der Waals surface area contributed by atoms with E-state index in [2.05, 4.69) is 13.8 Å². The molecule has 27 heavy (non-hydrogen) atoms.